The molecular weight excluding hydrogens is 232 g/mol. The van der Waals surface area contributed by atoms with Gasteiger partial charge in [0.05, 0.1) is 12.7 Å². The van der Waals surface area contributed by atoms with Crippen molar-refractivity contribution in [1.29, 1.82) is 0 Å². The minimum Gasteiger partial charge on any atom is -0.476 e. The van der Waals surface area contributed by atoms with E-state index in [0.717, 1.165) is 6.42 Å². The molecule has 0 aliphatic rings. The number of nitrogens with two attached hydrogens (primary N) is 1. The van der Waals surface area contributed by atoms with Gasteiger partial charge in [-0.2, -0.15) is 4.98 Å². The van der Waals surface area contributed by atoms with Gasteiger partial charge in [-0.15, -0.1) is 0 Å². The summed E-state index contributed by atoms with van der Waals surface area (Å²) in [6.45, 7) is 6.87. The van der Waals surface area contributed by atoms with Crippen LogP contribution in [0.4, 0.5) is 11.5 Å². The number of rotatable bonds is 7. The van der Waals surface area contributed by atoms with Crippen LogP contribution in [-0.2, 0) is 0 Å². The van der Waals surface area contributed by atoms with Crippen molar-refractivity contribution in [1.82, 2.24) is 9.97 Å². The van der Waals surface area contributed by atoms with E-state index in [4.69, 9.17) is 10.5 Å². The first-order valence-electron chi connectivity index (χ1n) is 6.21. The molecule has 0 saturated carbocycles. The molecule has 0 aliphatic carbocycles. The first-order valence-corrected chi connectivity index (χ1v) is 6.21. The van der Waals surface area contributed by atoms with Crippen molar-refractivity contribution in [3.63, 3.8) is 0 Å². The Labute approximate surface area is 108 Å². The van der Waals surface area contributed by atoms with E-state index in [2.05, 4.69) is 15.3 Å². The Kier molecular flexibility index (Phi) is 5.64. The maximum atomic E-state index is 9.71. The number of anilines is 2. The average molecular weight is 254 g/mol. The van der Waals surface area contributed by atoms with Gasteiger partial charge >= 0.3 is 0 Å². The minimum atomic E-state index is -0.445. The van der Waals surface area contributed by atoms with Crippen LogP contribution in [0.2, 0.25) is 0 Å². The Morgan fingerprint density at radius 3 is 2.78 bits per heavy atom. The molecule has 6 heteroatoms. The molecule has 0 spiro atoms. The third-order valence-electron chi connectivity index (χ3n) is 2.54. The SMILES string of the molecule is CCCOc1ncnc(NCC(O)C(C)C)c1N. The van der Waals surface area contributed by atoms with Gasteiger partial charge in [0.2, 0.25) is 5.88 Å². The molecule has 0 saturated heterocycles. The van der Waals surface area contributed by atoms with E-state index >= 15 is 0 Å². The lowest BCUT2D eigenvalue weighted by atomic mass is 10.1. The molecule has 1 atom stereocenters. The highest BCUT2D eigenvalue weighted by atomic mass is 16.5. The smallest absolute Gasteiger partial charge is 0.242 e. The molecule has 1 unspecified atom stereocenters. The lowest BCUT2D eigenvalue weighted by Crippen LogP contribution is -2.25. The van der Waals surface area contributed by atoms with Crippen LogP contribution in [0.1, 0.15) is 27.2 Å². The molecule has 0 bridgehead atoms. The molecule has 0 fully saturated rings. The molecule has 0 aliphatic heterocycles. The van der Waals surface area contributed by atoms with E-state index in [-0.39, 0.29) is 5.92 Å². The van der Waals surface area contributed by atoms with Gasteiger partial charge in [-0.3, -0.25) is 0 Å². The summed E-state index contributed by atoms with van der Waals surface area (Å²) in [5, 5.41) is 12.7. The van der Waals surface area contributed by atoms with Crippen molar-refractivity contribution >= 4 is 11.5 Å². The van der Waals surface area contributed by atoms with Gasteiger partial charge in [0.15, 0.2) is 5.82 Å². The van der Waals surface area contributed by atoms with Gasteiger partial charge in [0.25, 0.3) is 0 Å². The molecule has 6 nitrogen and oxygen atoms in total. The number of aliphatic hydroxyl groups excluding tert-OH is 1. The number of ether oxygens (including phenoxy) is 1. The third kappa shape index (κ3) is 4.03. The Bertz CT molecular complexity index is 371. The monoisotopic (exact) mass is 254 g/mol. The number of hydrogen-bond donors (Lipinski definition) is 3. The first kappa shape index (κ1) is 14.5. The number of nitrogens with one attached hydrogen (secondary N) is 1. The van der Waals surface area contributed by atoms with Crippen LogP contribution in [0.25, 0.3) is 0 Å². The number of aromatic nitrogens is 2. The highest BCUT2D eigenvalue weighted by molar-refractivity contribution is 5.66. The molecule has 18 heavy (non-hydrogen) atoms. The maximum absolute atomic E-state index is 9.71. The van der Waals surface area contributed by atoms with Crippen molar-refractivity contribution in [2.24, 2.45) is 5.92 Å². The number of aliphatic hydroxyl groups is 1. The largest absolute Gasteiger partial charge is 0.476 e. The predicted molar refractivity (Wildman–Crippen MR) is 71.6 cm³/mol. The quantitative estimate of drug-likeness (QED) is 0.678. The summed E-state index contributed by atoms with van der Waals surface area (Å²) in [5.41, 5.74) is 6.27. The normalized spacial score (nSPS) is 12.5. The fourth-order valence-electron chi connectivity index (χ4n) is 1.27. The van der Waals surface area contributed by atoms with Crippen LogP contribution in [0.5, 0.6) is 5.88 Å². The van der Waals surface area contributed by atoms with Crippen LogP contribution >= 0.6 is 0 Å². The standard InChI is InChI=1S/C12H22N4O2/c1-4-5-18-12-10(13)11(15-7-16-12)14-6-9(17)8(2)3/h7-9,17H,4-6,13H2,1-3H3,(H,14,15,16). The lowest BCUT2D eigenvalue weighted by molar-refractivity contribution is 0.138. The summed E-state index contributed by atoms with van der Waals surface area (Å²) in [4.78, 5) is 8.02. The fourth-order valence-corrected chi connectivity index (χ4v) is 1.27. The van der Waals surface area contributed by atoms with Crippen LogP contribution < -0.4 is 15.8 Å². The average Bonchev–Trinajstić information content (AvgIpc) is 2.35. The van der Waals surface area contributed by atoms with Crippen molar-refractivity contribution < 1.29 is 9.84 Å². The first-order chi connectivity index (χ1) is 8.56. The maximum Gasteiger partial charge on any atom is 0.242 e. The highest BCUT2D eigenvalue weighted by Crippen LogP contribution is 2.24. The summed E-state index contributed by atoms with van der Waals surface area (Å²) >= 11 is 0. The topological polar surface area (TPSA) is 93.3 Å². The van der Waals surface area contributed by atoms with E-state index in [1.807, 2.05) is 20.8 Å². The van der Waals surface area contributed by atoms with Crippen LogP contribution in [-0.4, -0.2) is 34.3 Å². The Balaban J connectivity index is 2.65. The summed E-state index contributed by atoms with van der Waals surface area (Å²) < 4.78 is 5.40. The molecule has 1 aromatic heterocycles. The van der Waals surface area contributed by atoms with Crippen molar-refractivity contribution in [2.75, 3.05) is 24.2 Å². The van der Waals surface area contributed by atoms with E-state index in [0.29, 0.717) is 30.5 Å². The zero-order valence-corrected chi connectivity index (χ0v) is 11.2. The van der Waals surface area contributed by atoms with Gasteiger partial charge in [0, 0.05) is 6.54 Å². The molecule has 0 amide bonds. The lowest BCUT2D eigenvalue weighted by Gasteiger charge is -2.16. The van der Waals surface area contributed by atoms with Crippen LogP contribution in [0.3, 0.4) is 0 Å². The highest BCUT2D eigenvalue weighted by Gasteiger charge is 2.12. The zero-order valence-electron chi connectivity index (χ0n) is 11.2. The van der Waals surface area contributed by atoms with Crippen LogP contribution in [0.15, 0.2) is 6.33 Å². The summed E-state index contributed by atoms with van der Waals surface area (Å²) in [6, 6.07) is 0. The molecule has 1 heterocycles. The Morgan fingerprint density at radius 1 is 1.44 bits per heavy atom. The summed E-state index contributed by atoms with van der Waals surface area (Å²) in [5.74, 6) is 1.06. The second-order valence-electron chi connectivity index (χ2n) is 4.48. The van der Waals surface area contributed by atoms with Crippen LogP contribution in [0, 0.1) is 5.92 Å². The fraction of sp³-hybridized carbons (Fsp3) is 0.667. The van der Waals surface area contributed by atoms with Crippen molar-refractivity contribution in [3.8, 4) is 5.88 Å². The van der Waals surface area contributed by atoms with Gasteiger partial charge in [-0.25, -0.2) is 4.98 Å². The van der Waals surface area contributed by atoms with Gasteiger partial charge < -0.3 is 20.9 Å². The van der Waals surface area contributed by atoms with Gasteiger partial charge in [0.1, 0.15) is 12.0 Å². The molecule has 0 radical (unpaired) electrons. The summed E-state index contributed by atoms with van der Waals surface area (Å²) in [6.07, 6.45) is 1.84. The number of nitrogens with zero attached hydrogens (tertiary/aromatic N) is 2. The second kappa shape index (κ2) is 7.00. The molecule has 102 valence electrons. The molecule has 1 rings (SSSR count). The Morgan fingerprint density at radius 2 is 2.17 bits per heavy atom. The van der Waals surface area contributed by atoms with E-state index in [9.17, 15) is 5.11 Å². The van der Waals surface area contributed by atoms with Crippen molar-refractivity contribution in [2.45, 2.75) is 33.3 Å². The summed E-state index contributed by atoms with van der Waals surface area (Å²) in [7, 11) is 0. The van der Waals surface area contributed by atoms with Gasteiger partial charge in [-0.05, 0) is 12.3 Å². The minimum absolute atomic E-state index is 0.177. The molecule has 4 N–H and O–H groups in total. The predicted octanol–water partition coefficient (Wildman–Crippen LogP) is 1.28. The van der Waals surface area contributed by atoms with Gasteiger partial charge in [-0.1, -0.05) is 20.8 Å². The number of nitrogen functional groups attached to an aromatic ring is 1. The molecule has 1 aromatic rings. The second-order valence-corrected chi connectivity index (χ2v) is 4.48. The molecular formula is C12H22N4O2. The third-order valence-corrected chi connectivity index (χ3v) is 2.54. The van der Waals surface area contributed by atoms with E-state index in [1.54, 1.807) is 0 Å². The van der Waals surface area contributed by atoms with E-state index in [1.165, 1.54) is 6.33 Å². The number of hydrogen-bond acceptors (Lipinski definition) is 6. The van der Waals surface area contributed by atoms with Crippen molar-refractivity contribution in [3.05, 3.63) is 6.33 Å². The van der Waals surface area contributed by atoms with E-state index < -0.39 is 6.10 Å². The zero-order chi connectivity index (χ0) is 13.5. The molecule has 0 aromatic carbocycles. The Hall–Kier alpha value is -1.56.